The van der Waals surface area contributed by atoms with Crippen molar-refractivity contribution in [3.05, 3.63) is 163 Å². The first kappa shape index (κ1) is 26.0. The van der Waals surface area contributed by atoms with Crippen LogP contribution in [-0.4, -0.2) is 0 Å². The molecule has 1 aromatic heterocycles. The fourth-order valence-electron chi connectivity index (χ4n) is 6.80. The summed E-state index contributed by atoms with van der Waals surface area (Å²) < 4.78 is 6.44. The fraction of sp³-hybridized carbons (Fsp3) is 0.0233. The molecule has 0 spiro atoms. The van der Waals surface area contributed by atoms with E-state index >= 15 is 0 Å². The van der Waals surface area contributed by atoms with Gasteiger partial charge in [-0.1, -0.05) is 140 Å². The van der Waals surface area contributed by atoms with Crippen LogP contribution in [0.4, 0.5) is 0 Å². The van der Waals surface area contributed by atoms with Crippen molar-refractivity contribution in [1.82, 2.24) is 0 Å². The second-order valence-corrected chi connectivity index (χ2v) is 11.3. The van der Waals surface area contributed by atoms with Crippen molar-refractivity contribution in [2.24, 2.45) is 0 Å². The summed E-state index contributed by atoms with van der Waals surface area (Å²) in [6.45, 7) is 5.94. The zero-order chi connectivity index (χ0) is 29.6. The maximum absolute atomic E-state index is 6.44. The summed E-state index contributed by atoms with van der Waals surface area (Å²) in [6.07, 6.45) is 5.85. The Bertz CT molecular complexity index is 2350. The van der Waals surface area contributed by atoms with Crippen LogP contribution in [0, 0.1) is 6.92 Å². The minimum atomic E-state index is 0.902. The molecule has 208 valence electrons. The Labute approximate surface area is 257 Å². The summed E-state index contributed by atoms with van der Waals surface area (Å²) in [4.78, 5) is 0. The molecular weight excluding hydrogens is 532 g/mol. The number of benzene rings is 7. The summed E-state index contributed by atoms with van der Waals surface area (Å²) in [5.41, 5.74) is 11.5. The van der Waals surface area contributed by atoms with E-state index in [1.807, 2.05) is 6.08 Å². The van der Waals surface area contributed by atoms with Gasteiger partial charge in [-0.05, 0) is 91.2 Å². The lowest BCUT2D eigenvalue weighted by Gasteiger charge is -2.19. The highest BCUT2D eigenvalue weighted by Crippen LogP contribution is 2.46. The highest BCUT2D eigenvalue weighted by atomic mass is 16.3. The molecule has 0 amide bonds. The first-order chi connectivity index (χ1) is 21.7. The maximum Gasteiger partial charge on any atom is 0.138 e. The lowest BCUT2D eigenvalue weighted by atomic mass is 9.83. The molecule has 7 aromatic carbocycles. The van der Waals surface area contributed by atoms with E-state index in [0.29, 0.717) is 0 Å². The molecule has 0 unspecified atom stereocenters. The minimum Gasteiger partial charge on any atom is -0.456 e. The summed E-state index contributed by atoms with van der Waals surface area (Å²) in [7, 11) is 0. The minimum absolute atomic E-state index is 0.902. The first-order valence-electron chi connectivity index (χ1n) is 15.1. The van der Waals surface area contributed by atoms with E-state index < -0.39 is 0 Å². The van der Waals surface area contributed by atoms with Gasteiger partial charge in [0.15, 0.2) is 0 Å². The third kappa shape index (κ3) is 4.09. The molecule has 0 saturated carbocycles. The summed E-state index contributed by atoms with van der Waals surface area (Å²) in [6, 6.07) is 48.2. The zero-order valence-electron chi connectivity index (χ0n) is 24.5. The predicted octanol–water partition coefficient (Wildman–Crippen LogP) is 12.4. The highest BCUT2D eigenvalue weighted by molar-refractivity contribution is 6.23. The summed E-state index contributed by atoms with van der Waals surface area (Å²) >= 11 is 0. The van der Waals surface area contributed by atoms with E-state index in [1.165, 1.54) is 54.9 Å². The van der Waals surface area contributed by atoms with Gasteiger partial charge in [0.2, 0.25) is 0 Å². The molecule has 0 saturated heterocycles. The fourth-order valence-corrected chi connectivity index (χ4v) is 6.80. The topological polar surface area (TPSA) is 13.1 Å². The Kier molecular flexibility index (Phi) is 6.24. The van der Waals surface area contributed by atoms with Crippen molar-refractivity contribution < 1.29 is 4.42 Å². The standard InChI is InChI=1S/C43H30O/c1-3-4-14-29-23-25-38-39-27-31(24-26-40(39)44-43(38)28(29)2)41-34-19-10-12-21-36(34)42(37-22-13-11-20-35(37)41)33-18-9-8-17-32(33)30-15-6-5-7-16-30/h3-27H,1H2,2H3/b14-4-. The molecule has 0 aliphatic rings. The summed E-state index contributed by atoms with van der Waals surface area (Å²) in [5.74, 6) is 0. The third-order valence-corrected chi connectivity index (χ3v) is 8.84. The van der Waals surface area contributed by atoms with E-state index in [2.05, 4.69) is 153 Å². The highest BCUT2D eigenvalue weighted by Gasteiger charge is 2.20. The lowest BCUT2D eigenvalue weighted by Crippen LogP contribution is -1.92. The SMILES string of the molecule is C=C/C=C\c1ccc2c(oc3ccc(-c4c5ccccc5c(-c5ccccc5-c5ccccc5)c5ccccc45)cc32)c1C. The van der Waals surface area contributed by atoms with Crippen LogP contribution in [0.2, 0.25) is 0 Å². The molecule has 1 heterocycles. The number of fused-ring (bicyclic) bond motifs is 5. The molecule has 0 aliphatic heterocycles. The van der Waals surface area contributed by atoms with Crippen LogP contribution >= 0.6 is 0 Å². The largest absolute Gasteiger partial charge is 0.456 e. The van der Waals surface area contributed by atoms with Crippen molar-refractivity contribution in [3.8, 4) is 33.4 Å². The second kappa shape index (κ2) is 10.6. The normalized spacial score (nSPS) is 11.8. The molecule has 1 nitrogen and oxygen atoms in total. The van der Waals surface area contributed by atoms with Gasteiger partial charge >= 0.3 is 0 Å². The van der Waals surface area contributed by atoms with E-state index in [9.17, 15) is 0 Å². The van der Waals surface area contributed by atoms with Crippen molar-refractivity contribution in [3.63, 3.8) is 0 Å². The van der Waals surface area contributed by atoms with Gasteiger partial charge in [-0.2, -0.15) is 0 Å². The van der Waals surface area contributed by atoms with Gasteiger partial charge in [0, 0.05) is 10.8 Å². The van der Waals surface area contributed by atoms with Gasteiger partial charge in [-0.3, -0.25) is 0 Å². The molecule has 0 N–H and O–H groups in total. The van der Waals surface area contributed by atoms with Crippen LogP contribution in [0.1, 0.15) is 11.1 Å². The van der Waals surface area contributed by atoms with Crippen LogP contribution < -0.4 is 0 Å². The Morgan fingerprint density at radius 2 is 1.14 bits per heavy atom. The molecule has 8 rings (SSSR count). The van der Waals surface area contributed by atoms with E-state index in [-0.39, 0.29) is 0 Å². The molecule has 0 aliphatic carbocycles. The molecule has 44 heavy (non-hydrogen) atoms. The second-order valence-electron chi connectivity index (χ2n) is 11.3. The van der Waals surface area contributed by atoms with Crippen molar-refractivity contribution in [2.75, 3.05) is 0 Å². The number of allylic oxidation sites excluding steroid dienone is 2. The van der Waals surface area contributed by atoms with Crippen molar-refractivity contribution in [2.45, 2.75) is 6.92 Å². The molecular formula is C43H30O. The lowest BCUT2D eigenvalue weighted by molar-refractivity contribution is 0.665. The smallest absolute Gasteiger partial charge is 0.138 e. The molecule has 0 radical (unpaired) electrons. The molecule has 0 atom stereocenters. The van der Waals surface area contributed by atoms with Gasteiger partial charge in [0.25, 0.3) is 0 Å². The Morgan fingerprint density at radius 1 is 0.523 bits per heavy atom. The molecule has 0 fully saturated rings. The Hall–Kier alpha value is -5.66. The van der Waals surface area contributed by atoms with Crippen LogP contribution in [0.5, 0.6) is 0 Å². The molecule has 0 bridgehead atoms. The van der Waals surface area contributed by atoms with E-state index in [4.69, 9.17) is 4.42 Å². The summed E-state index contributed by atoms with van der Waals surface area (Å²) in [5, 5.41) is 7.24. The predicted molar refractivity (Wildman–Crippen MR) is 189 cm³/mol. The average Bonchev–Trinajstić information content (AvgIpc) is 3.46. The number of hydrogen-bond acceptors (Lipinski definition) is 1. The number of aryl methyl sites for hydroxylation is 1. The Balaban J connectivity index is 1.42. The van der Waals surface area contributed by atoms with Gasteiger partial charge < -0.3 is 4.42 Å². The third-order valence-electron chi connectivity index (χ3n) is 8.84. The van der Waals surface area contributed by atoms with Gasteiger partial charge in [-0.25, -0.2) is 0 Å². The van der Waals surface area contributed by atoms with Gasteiger partial charge in [0.1, 0.15) is 11.2 Å². The monoisotopic (exact) mass is 562 g/mol. The molecule has 1 heteroatoms. The van der Waals surface area contributed by atoms with Gasteiger partial charge in [-0.15, -0.1) is 0 Å². The quantitative estimate of drug-likeness (QED) is 0.150. The van der Waals surface area contributed by atoms with E-state index in [1.54, 1.807) is 6.08 Å². The molecule has 8 aromatic rings. The van der Waals surface area contributed by atoms with Crippen LogP contribution in [0.25, 0.3) is 82.9 Å². The average molecular weight is 563 g/mol. The number of rotatable bonds is 5. The number of furan rings is 1. The zero-order valence-corrected chi connectivity index (χ0v) is 24.5. The van der Waals surface area contributed by atoms with Gasteiger partial charge in [0.05, 0.1) is 0 Å². The van der Waals surface area contributed by atoms with Crippen LogP contribution in [-0.2, 0) is 0 Å². The van der Waals surface area contributed by atoms with E-state index in [0.717, 1.165) is 33.1 Å². The van der Waals surface area contributed by atoms with Crippen molar-refractivity contribution in [1.29, 1.82) is 0 Å². The van der Waals surface area contributed by atoms with Crippen LogP contribution in [0.15, 0.2) is 157 Å². The first-order valence-corrected chi connectivity index (χ1v) is 15.1. The maximum atomic E-state index is 6.44. The van der Waals surface area contributed by atoms with Crippen LogP contribution in [0.3, 0.4) is 0 Å². The Morgan fingerprint density at radius 3 is 1.82 bits per heavy atom. The van der Waals surface area contributed by atoms with Crippen molar-refractivity contribution >= 4 is 49.6 Å². The number of hydrogen-bond donors (Lipinski definition) is 0.